The van der Waals surface area contributed by atoms with E-state index >= 15 is 0 Å². The van der Waals surface area contributed by atoms with Crippen molar-refractivity contribution in [2.45, 2.75) is 13.3 Å². The molecule has 0 saturated carbocycles. The van der Waals surface area contributed by atoms with Gasteiger partial charge in [0.2, 0.25) is 0 Å². The summed E-state index contributed by atoms with van der Waals surface area (Å²) >= 11 is 0. The van der Waals surface area contributed by atoms with Crippen LogP contribution in [0.3, 0.4) is 0 Å². The zero-order chi connectivity index (χ0) is 13.4. The Morgan fingerprint density at radius 2 is 1.95 bits per heavy atom. The van der Waals surface area contributed by atoms with Crippen molar-refractivity contribution >= 4 is 16.7 Å². The van der Waals surface area contributed by atoms with Gasteiger partial charge in [0, 0.05) is 19.2 Å². The van der Waals surface area contributed by atoms with Crippen molar-refractivity contribution in [3.8, 4) is 0 Å². The van der Waals surface area contributed by atoms with Crippen LogP contribution in [0.15, 0.2) is 42.5 Å². The Morgan fingerprint density at radius 3 is 2.74 bits per heavy atom. The molecule has 0 unspecified atom stereocenters. The molecule has 0 fully saturated rings. The minimum Gasteiger partial charge on any atom is -0.399 e. The Morgan fingerprint density at radius 1 is 1.16 bits per heavy atom. The van der Waals surface area contributed by atoms with Gasteiger partial charge < -0.3 is 10.3 Å². The molecule has 0 bridgehead atoms. The van der Waals surface area contributed by atoms with E-state index in [9.17, 15) is 0 Å². The minimum absolute atomic E-state index is 0.805. The van der Waals surface area contributed by atoms with E-state index in [2.05, 4.69) is 30.7 Å². The normalized spacial score (nSPS) is 11.1. The van der Waals surface area contributed by atoms with Crippen molar-refractivity contribution in [2.24, 2.45) is 7.05 Å². The van der Waals surface area contributed by atoms with Crippen molar-refractivity contribution in [1.29, 1.82) is 0 Å². The Balaban J connectivity index is 2.06. The number of nitrogen functional groups attached to an aromatic ring is 1. The van der Waals surface area contributed by atoms with Crippen LogP contribution in [0.25, 0.3) is 11.0 Å². The average molecular weight is 251 g/mol. The van der Waals surface area contributed by atoms with Gasteiger partial charge in [0.25, 0.3) is 0 Å². The predicted octanol–water partition coefficient (Wildman–Crippen LogP) is 3.05. The van der Waals surface area contributed by atoms with E-state index in [0.717, 1.165) is 23.4 Å². The maximum Gasteiger partial charge on any atom is 0.114 e. The lowest BCUT2D eigenvalue weighted by molar-refractivity contribution is 0.842. The zero-order valence-electron chi connectivity index (χ0n) is 11.2. The summed E-state index contributed by atoms with van der Waals surface area (Å²) in [5.74, 6) is 1.06. The van der Waals surface area contributed by atoms with Crippen LogP contribution in [0.5, 0.6) is 0 Å². The predicted molar refractivity (Wildman–Crippen MR) is 79.1 cm³/mol. The Labute approximate surface area is 112 Å². The van der Waals surface area contributed by atoms with Crippen LogP contribution in [-0.4, -0.2) is 9.55 Å². The van der Waals surface area contributed by atoms with Gasteiger partial charge in [0.1, 0.15) is 5.82 Å². The van der Waals surface area contributed by atoms with Gasteiger partial charge in [-0.15, -0.1) is 0 Å². The molecular weight excluding hydrogens is 234 g/mol. The molecule has 0 atom stereocenters. The van der Waals surface area contributed by atoms with E-state index in [1.807, 2.05) is 30.3 Å². The highest BCUT2D eigenvalue weighted by atomic mass is 15.1. The molecular formula is C16H17N3. The van der Waals surface area contributed by atoms with Crippen molar-refractivity contribution < 1.29 is 0 Å². The summed E-state index contributed by atoms with van der Waals surface area (Å²) in [6.07, 6.45) is 0.808. The van der Waals surface area contributed by atoms with E-state index in [4.69, 9.17) is 10.7 Å². The van der Waals surface area contributed by atoms with Crippen molar-refractivity contribution in [3.63, 3.8) is 0 Å². The van der Waals surface area contributed by atoms with E-state index in [1.54, 1.807) is 0 Å². The second-order valence-electron chi connectivity index (χ2n) is 4.94. The smallest absolute Gasteiger partial charge is 0.114 e. The molecule has 19 heavy (non-hydrogen) atoms. The lowest BCUT2D eigenvalue weighted by atomic mass is 10.0. The molecule has 0 spiro atoms. The first-order valence-electron chi connectivity index (χ1n) is 6.40. The molecule has 0 aliphatic heterocycles. The van der Waals surface area contributed by atoms with E-state index in [1.165, 1.54) is 16.6 Å². The molecule has 0 aliphatic rings. The molecule has 0 amide bonds. The third kappa shape index (κ3) is 2.08. The second kappa shape index (κ2) is 4.43. The molecule has 3 rings (SSSR count). The molecule has 3 nitrogen and oxygen atoms in total. The fraction of sp³-hybridized carbons (Fsp3) is 0.188. The first kappa shape index (κ1) is 11.8. The van der Waals surface area contributed by atoms with Gasteiger partial charge in [-0.25, -0.2) is 4.98 Å². The third-order valence-electron chi connectivity index (χ3n) is 3.60. The number of imidazole rings is 1. The van der Waals surface area contributed by atoms with Crippen LogP contribution in [0.4, 0.5) is 5.69 Å². The lowest BCUT2D eigenvalue weighted by Gasteiger charge is -2.07. The molecule has 2 N–H and O–H groups in total. The lowest BCUT2D eigenvalue weighted by Crippen LogP contribution is -2.01. The van der Waals surface area contributed by atoms with Crippen molar-refractivity contribution in [3.05, 3.63) is 59.4 Å². The molecule has 0 radical (unpaired) electrons. The van der Waals surface area contributed by atoms with Crippen LogP contribution in [0.1, 0.15) is 17.0 Å². The maximum atomic E-state index is 5.87. The monoisotopic (exact) mass is 251 g/mol. The standard InChI is InChI=1S/C16H17N3/c1-11-7-8-13(17)9-12(11)10-16-18-14-5-3-4-6-15(14)19(16)2/h3-9H,10,17H2,1-2H3. The highest BCUT2D eigenvalue weighted by molar-refractivity contribution is 5.75. The van der Waals surface area contributed by atoms with E-state index in [-0.39, 0.29) is 0 Å². The zero-order valence-corrected chi connectivity index (χ0v) is 11.2. The summed E-state index contributed by atoms with van der Waals surface area (Å²) in [5, 5.41) is 0. The summed E-state index contributed by atoms with van der Waals surface area (Å²) in [5.41, 5.74) is 11.4. The number of fused-ring (bicyclic) bond motifs is 1. The highest BCUT2D eigenvalue weighted by Gasteiger charge is 2.09. The van der Waals surface area contributed by atoms with E-state index in [0.29, 0.717) is 0 Å². The van der Waals surface area contributed by atoms with Crippen molar-refractivity contribution in [1.82, 2.24) is 9.55 Å². The highest BCUT2D eigenvalue weighted by Crippen LogP contribution is 2.20. The molecule has 1 heterocycles. The number of aryl methyl sites for hydroxylation is 2. The number of aromatic nitrogens is 2. The van der Waals surface area contributed by atoms with E-state index < -0.39 is 0 Å². The summed E-state index contributed by atoms with van der Waals surface area (Å²) < 4.78 is 2.15. The number of anilines is 1. The number of nitrogens with two attached hydrogens (primary N) is 1. The summed E-state index contributed by atoms with van der Waals surface area (Å²) in [6.45, 7) is 2.11. The quantitative estimate of drug-likeness (QED) is 0.711. The van der Waals surface area contributed by atoms with Gasteiger partial charge in [0.05, 0.1) is 11.0 Å². The van der Waals surface area contributed by atoms with Gasteiger partial charge >= 0.3 is 0 Å². The van der Waals surface area contributed by atoms with Crippen molar-refractivity contribution in [2.75, 3.05) is 5.73 Å². The molecule has 0 saturated heterocycles. The fourth-order valence-corrected chi connectivity index (χ4v) is 2.41. The topological polar surface area (TPSA) is 43.8 Å². The fourth-order valence-electron chi connectivity index (χ4n) is 2.41. The number of hydrogen-bond acceptors (Lipinski definition) is 2. The Hall–Kier alpha value is -2.29. The number of nitrogens with zero attached hydrogens (tertiary/aromatic N) is 2. The van der Waals surface area contributed by atoms with Gasteiger partial charge in [-0.2, -0.15) is 0 Å². The number of rotatable bonds is 2. The first-order chi connectivity index (χ1) is 9.15. The number of para-hydroxylation sites is 2. The van der Waals surface area contributed by atoms with Crippen LogP contribution in [0.2, 0.25) is 0 Å². The average Bonchev–Trinajstić information content (AvgIpc) is 2.72. The number of benzene rings is 2. The molecule has 96 valence electrons. The van der Waals surface area contributed by atoms with Gasteiger partial charge in [0.15, 0.2) is 0 Å². The molecule has 3 aromatic rings. The SMILES string of the molecule is Cc1ccc(N)cc1Cc1nc2ccccc2n1C. The molecule has 3 heteroatoms. The maximum absolute atomic E-state index is 5.87. The van der Waals surface area contributed by atoms with Crippen LogP contribution >= 0.6 is 0 Å². The van der Waals surface area contributed by atoms with Crippen LogP contribution < -0.4 is 5.73 Å². The number of hydrogen-bond donors (Lipinski definition) is 1. The summed E-state index contributed by atoms with van der Waals surface area (Å²) in [4.78, 5) is 4.70. The van der Waals surface area contributed by atoms with Gasteiger partial charge in [-0.05, 0) is 42.3 Å². The minimum atomic E-state index is 0.805. The largest absolute Gasteiger partial charge is 0.399 e. The second-order valence-corrected chi connectivity index (χ2v) is 4.94. The van der Waals surface area contributed by atoms with Gasteiger partial charge in [-0.1, -0.05) is 18.2 Å². The summed E-state index contributed by atoms with van der Waals surface area (Å²) in [7, 11) is 2.06. The Bertz CT molecular complexity index is 741. The Kier molecular flexibility index (Phi) is 2.75. The summed E-state index contributed by atoms with van der Waals surface area (Å²) in [6, 6.07) is 14.2. The molecule has 1 aromatic heterocycles. The van der Waals surface area contributed by atoms with Crippen LogP contribution in [0, 0.1) is 6.92 Å². The first-order valence-corrected chi connectivity index (χ1v) is 6.40. The van der Waals surface area contributed by atoms with Crippen LogP contribution in [-0.2, 0) is 13.5 Å². The molecule has 0 aliphatic carbocycles. The third-order valence-corrected chi connectivity index (χ3v) is 3.60. The van der Waals surface area contributed by atoms with Gasteiger partial charge in [-0.3, -0.25) is 0 Å². The molecule has 2 aromatic carbocycles.